The molecular weight excluding hydrogens is 464 g/mol. The zero-order chi connectivity index (χ0) is 24.8. The number of anilines is 2. The van der Waals surface area contributed by atoms with Gasteiger partial charge in [0.2, 0.25) is 5.88 Å². The molecule has 1 saturated heterocycles. The van der Waals surface area contributed by atoms with Crippen LogP contribution in [0.4, 0.5) is 11.5 Å². The number of carbonyl (C=O) groups is 1. The molecule has 0 atom stereocenters. The molecule has 1 fully saturated rings. The average Bonchev–Trinajstić information content (AvgIpc) is 2.88. The first-order valence-electron chi connectivity index (χ1n) is 11.6. The minimum Gasteiger partial charge on any atom is -0.472 e. The molecule has 1 aliphatic heterocycles. The van der Waals surface area contributed by atoms with Gasteiger partial charge >= 0.3 is 0 Å². The topological polar surface area (TPSA) is 73.8 Å². The Labute approximate surface area is 211 Å². The van der Waals surface area contributed by atoms with E-state index < -0.39 is 0 Å². The first-order valence-corrected chi connectivity index (χ1v) is 12.0. The maximum atomic E-state index is 13.1. The minimum absolute atomic E-state index is 0.217. The molecule has 4 rings (SSSR count). The van der Waals surface area contributed by atoms with E-state index in [1.165, 1.54) is 5.56 Å². The molecule has 35 heavy (non-hydrogen) atoms. The second-order valence-corrected chi connectivity index (χ2v) is 9.16. The minimum atomic E-state index is -0.238. The number of hydrogen-bond donors (Lipinski definition) is 1. The van der Waals surface area contributed by atoms with Gasteiger partial charge in [-0.25, -0.2) is 9.97 Å². The molecule has 184 valence electrons. The number of ether oxygens (including phenoxy) is 1. The molecule has 3 aromatic rings. The average molecular weight is 495 g/mol. The summed E-state index contributed by atoms with van der Waals surface area (Å²) in [5, 5.41) is 3.72. The van der Waals surface area contributed by atoms with Gasteiger partial charge in [-0.2, -0.15) is 0 Å². The number of carbonyl (C=O) groups excluding carboxylic acids is 1. The third kappa shape index (κ3) is 6.48. The second-order valence-electron chi connectivity index (χ2n) is 8.75. The fourth-order valence-corrected chi connectivity index (χ4v) is 3.96. The number of aromatic nitrogens is 2. The summed E-state index contributed by atoms with van der Waals surface area (Å²) in [4.78, 5) is 27.8. The van der Waals surface area contributed by atoms with Crippen molar-refractivity contribution in [3.63, 3.8) is 0 Å². The highest BCUT2D eigenvalue weighted by Gasteiger charge is 2.18. The number of nitrogens with zero attached hydrogens (tertiary/aromatic N) is 5. The second kappa shape index (κ2) is 11.5. The van der Waals surface area contributed by atoms with Gasteiger partial charge < -0.3 is 19.9 Å². The quantitative estimate of drug-likeness (QED) is 0.514. The fourth-order valence-electron chi connectivity index (χ4n) is 3.80. The van der Waals surface area contributed by atoms with E-state index in [9.17, 15) is 4.79 Å². The summed E-state index contributed by atoms with van der Waals surface area (Å²) in [7, 11) is 5.61. The number of benzene rings is 1. The van der Waals surface area contributed by atoms with Crippen molar-refractivity contribution in [3.8, 4) is 5.88 Å². The van der Waals surface area contributed by atoms with Crippen LogP contribution in [0.5, 0.6) is 5.88 Å². The Morgan fingerprint density at radius 1 is 1.03 bits per heavy atom. The number of amides is 1. The van der Waals surface area contributed by atoms with Crippen LogP contribution in [0.25, 0.3) is 0 Å². The monoisotopic (exact) mass is 494 g/mol. The molecule has 1 aromatic carbocycles. The van der Waals surface area contributed by atoms with Gasteiger partial charge in [-0.1, -0.05) is 29.8 Å². The van der Waals surface area contributed by atoms with Gasteiger partial charge in [0.15, 0.2) is 0 Å². The lowest BCUT2D eigenvalue weighted by atomic mass is 10.1. The van der Waals surface area contributed by atoms with Crippen LogP contribution in [0.1, 0.15) is 21.6 Å². The molecule has 1 amide bonds. The summed E-state index contributed by atoms with van der Waals surface area (Å²) in [6.07, 6.45) is 1.75. The number of piperazine rings is 1. The molecular formula is C26H31ClN6O2. The summed E-state index contributed by atoms with van der Waals surface area (Å²) in [6.45, 7) is 5.29. The number of halogens is 1. The van der Waals surface area contributed by atoms with E-state index in [1.807, 2.05) is 43.3 Å². The maximum absolute atomic E-state index is 13.1. The van der Waals surface area contributed by atoms with E-state index in [-0.39, 0.29) is 24.1 Å². The van der Waals surface area contributed by atoms with Crippen LogP contribution in [0.2, 0.25) is 5.02 Å². The summed E-state index contributed by atoms with van der Waals surface area (Å²) < 4.78 is 5.81. The van der Waals surface area contributed by atoms with Crippen LogP contribution >= 0.6 is 11.6 Å². The lowest BCUT2D eigenvalue weighted by Crippen LogP contribution is -2.42. The van der Waals surface area contributed by atoms with Gasteiger partial charge in [0.25, 0.3) is 5.91 Å². The van der Waals surface area contributed by atoms with Crippen LogP contribution in [-0.4, -0.2) is 68.1 Å². The first-order chi connectivity index (χ1) is 16.9. The van der Waals surface area contributed by atoms with Gasteiger partial charge in [-0.15, -0.1) is 0 Å². The van der Waals surface area contributed by atoms with E-state index in [0.717, 1.165) is 49.8 Å². The SMILES string of the molecule is CN(C)c1ccc(COc2nc(C(=O)N(C)c3ccc(CN4CCNCC4)cc3)ccc2Cl)cn1. The predicted octanol–water partition coefficient (Wildman–Crippen LogP) is 3.46. The molecule has 8 nitrogen and oxygen atoms in total. The van der Waals surface area contributed by atoms with E-state index in [0.29, 0.717) is 5.02 Å². The zero-order valence-electron chi connectivity index (χ0n) is 20.4. The number of hydrogen-bond acceptors (Lipinski definition) is 7. The van der Waals surface area contributed by atoms with E-state index >= 15 is 0 Å². The molecule has 0 saturated carbocycles. The Hall–Kier alpha value is -3.20. The third-order valence-corrected chi connectivity index (χ3v) is 6.21. The fraction of sp³-hybridized carbons (Fsp3) is 0.346. The molecule has 3 heterocycles. The van der Waals surface area contributed by atoms with Gasteiger partial charge in [-0.3, -0.25) is 9.69 Å². The summed E-state index contributed by atoms with van der Waals surface area (Å²) in [6, 6.07) is 15.2. The van der Waals surface area contributed by atoms with E-state index in [1.54, 1.807) is 30.3 Å². The largest absolute Gasteiger partial charge is 0.472 e. The molecule has 0 bridgehead atoms. The Morgan fingerprint density at radius 2 is 1.74 bits per heavy atom. The van der Waals surface area contributed by atoms with Crippen molar-refractivity contribution in [2.24, 2.45) is 0 Å². The number of rotatable bonds is 8. The normalized spacial score (nSPS) is 13.9. The molecule has 9 heteroatoms. The van der Waals surface area contributed by atoms with Crippen molar-refractivity contribution in [1.82, 2.24) is 20.2 Å². The van der Waals surface area contributed by atoms with Gasteiger partial charge in [0.1, 0.15) is 23.1 Å². The summed E-state index contributed by atoms with van der Waals surface area (Å²) in [5.74, 6) is 0.838. The lowest BCUT2D eigenvalue weighted by Gasteiger charge is -2.27. The summed E-state index contributed by atoms with van der Waals surface area (Å²) >= 11 is 6.29. The smallest absolute Gasteiger partial charge is 0.276 e. The van der Waals surface area contributed by atoms with Crippen molar-refractivity contribution in [3.05, 3.63) is 76.6 Å². The Kier molecular flexibility index (Phi) is 8.17. The molecule has 0 aliphatic carbocycles. The van der Waals surface area contributed by atoms with E-state index in [4.69, 9.17) is 16.3 Å². The van der Waals surface area contributed by atoms with Crippen molar-refractivity contribution in [1.29, 1.82) is 0 Å². The van der Waals surface area contributed by atoms with Crippen LogP contribution in [0.15, 0.2) is 54.7 Å². The molecule has 0 radical (unpaired) electrons. The number of pyridine rings is 2. The number of nitrogens with one attached hydrogen (secondary N) is 1. The molecule has 2 aromatic heterocycles. The zero-order valence-corrected chi connectivity index (χ0v) is 21.1. The third-order valence-electron chi connectivity index (χ3n) is 5.92. The van der Waals surface area contributed by atoms with Gasteiger partial charge in [0.05, 0.1) is 0 Å². The highest BCUT2D eigenvalue weighted by Crippen LogP contribution is 2.25. The van der Waals surface area contributed by atoms with Crippen molar-refractivity contribution >= 4 is 29.0 Å². The Balaban J connectivity index is 1.39. The van der Waals surface area contributed by atoms with Crippen molar-refractivity contribution < 1.29 is 9.53 Å². The van der Waals surface area contributed by atoms with E-state index in [2.05, 4.69) is 32.3 Å². The van der Waals surface area contributed by atoms with Crippen molar-refractivity contribution in [2.75, 3.05) is 57.1 Å². The standard InChI is InChI=1S/C26H31ClN6O2/c1-31(2)24-11-6-20(16-29-24)18-35-25-22(27)9-10-23(30-25)26(34)32(3)21-7-4-19(5-8-21)17-33-14-12-28-13-15-33/h4-11,16,28H,12-15,17-18H2,1-3H3. The molecule has 1 aliphatic rings. The van der Waals surface area contributed by atoms with Gasteiger partial charge in [0, 0.05) is 71.3 Å². The van der Waals surface area contributed by atoms with Gasteiger partial charge in [-0.05, 0) is 35.9 Å². The highest BCUT2D eigenvalue weighted by molar-refractivity contribution is 6.31. The molecule has 0 unspecified atom stereocenters. The highest BCUT2D eigenvalue weighted by atomic mass is 35.5. The Morgan fingerprint density at radius 3 is 2.40 bits per heavy atom. The maximum Gasteiger partial charge on any atom is 0.276 e. The van der Waals surface area contributed by atoms with Crippen LogP contribution in [-0.2, 0) is 13.2 Å². The van der Waals surface area contributed by atoms with Crippen LogP contribution in [0, 0.1) is 0 Å². The first kappa shape index (κ1) is 24.9. The lowest BCUT2D eigenvalue weighted by molar-refractivity contribution is 0.0987. The molecule has 1 N–H and O–H groups in total. The van der Waals surface area contributed by atoms with Crippen LogP contribution < -0.4 is 19.9 Å². The predicted molar refractivity (Wildman–Crippen MR) is 139 cm³/mol. The summed E-state index contributed by atoms with van der Waals surface area (Å²) in [5.41, 5.74) is 3.16. The van der Waals surface area contributed by atoms with Crippen molar-refractivity contribution in [2.45, 2.75) is 13.2 Å². The van der Waals surface area contributed by atoms with Crippen LogP contribution in [0.3, 0.4) is 0 Å². The molecule has 0 spiro atoms. The Bertz CT molecular complexity index is 1130.